The third-order valence-electron chi connectivity index (χ3n) is 3.25. The Bertz CT molecular complexity index is 527. The lowest BCUT2D eigenvalue weighted by molar-refractivity contribution is 0.412. The van der Waals surface area contributed by atoms with Gasteiger partial charge in [0.25, 0.3) is 0 Å². The lowest BCUT2D eigenvalue weighted by atomic mass is 10.0. The quantitative estimate of drug-likeness (QED) is 0.801. The molecule has 2 aromatic rings. The minimum absolute atomic E-state index is 0.467. The SMILES string of the molecule is CCNC(Cc1ccsc1)Cc1ccc(OC)c(Br)c1. The first-order valence-electron chi connectivity index (χ1n) is 6.79. The molecule has 0 bridgehead atoms. The number of ether oxygens (including phenoxy) is 1. The Morgan fingerprint density at radius 1 is 1.25 bits per heavy atom. The summed E-state index contributed by atoms with van der Waals surface area (Å²) in [5, 5.41) is 7.95. The summed E-state index contributed by atoms with van der Waals surface area (Å²) >= 11 is 5.31. The van der Waals surface area contributed by atoms with E-state index in [-0.39, 0.29) is 0 Å². The third kappa shape index (κ3) is 4.33. The van der Waals surface area contributed by atoms with E-state index in [0.29, 0.717) is 6.04 Å². The molecular weight excluding hydrogens is 334 g/mol. The van der Waals surface area contributed by atoms with Crippen LogP contribution in [-0.4, -0.2) is 19.7 Å². The zero-order valence-electron chi connectivity index (χ0n) is 11.9. The van der Waals surface area contributed by atoms with Gasteiger partial charge in [-0.2, -0.15) is 11.3 Å². The topological polar surface area (TPSA) is 21.3 Å². The number of likely N-dealkylation sites (N-methyl/N-ethyl adjacent to an activating group) is 1. The summed E-state index contributed by atoms with van der Waals surface area (Å²) in [5.41, 5.74) is 2.73. The zero-order chi connectivity index (χ0) is 14.4. The molecule has 0 amide bonds. The summed E-state index contributed by atoms with van der Waals surface area (Å²) in [7, 11) is 1.69. The molecule has 1 unspecified atom stereocenters. The molecule has 2 nitrogen and oxygen atoms in total. The van der Waals surface area contributed by atoms with E-state index < -0.39 is 0 Å². The summed E-state index contributed by atoms with van der Waals surface area (Å²) in [5.74, 6) is 0.881. The van der Waals surface area contributed by atoms with Crippen LogP contribution in [0.1, 0.15) is 18.1 Å². The van der Waals surface area contributed by atoms with Gasteiger partial charge in [-0.15, -0.1) is 0 Å². The molecule has 1 atom stereocenters. The van der Waals surface area contributed by atoms with Crippen molar-refractivity contribution < 1.29 is 4.74 Å². The summed E-state index contributed by atoms with van der Waals surface area (Å²) in [6, 6.07) is 8.99. The Hall–Kier alpha value is -0.840. The van der Waals surface area contributed by atoms with Crippen LogP contribution in [0.25, 0.3) is 0 Å². The number of hydrogen-bond donors (Lipinski definition) is 1. The number of benzene rings is 1. The predicted octanol–water partition coefficient (Wildman–Crippen LogP) is 4.28. The normalized spacial score (nSPS) is 12.3. The van der Waals surface area contributed by atoms with E-state index >= 15 is 0 Å². The van der Waals surface area contributed by atoms with Crippen LogP contribution in [0.15, 0.2) is 39.5 Å². The Labute approximate surface area is 133 Å². The number of thiophene rings is 1. The average molecular weight is 354 g/mol. The van der Waals surface area contributed by atoms with Gasteiger partial charge >= 0.3 is 0 Å². The molecule has 2 rings (SSSR count). The van der Waals surface area contributed by atoms with Crippen molar-refractivity contribution in [1.29, 1.82) is 0 Å². The van der Waals surface area contributed by atoms with Gasteiger partial charge in [0.15, 0.2) is 0 Å². The van der Waals surface area contributed by atoms with Crippen molar-refractivity contribution in [3.63, 3.8) is 0 Å². The fourth-order valence-electron chi connectivity index (χ4n) is 2.32. The van der Waals surface area contributed by atoms with E-state index in [9.17, 15) is 0 Å². The monoisotopic (exact) mass is 353 g/mol. The fraction of sp³-hybridized carbons (Fsp3) is 0.375. The highest BCUT2D eigenvalue weighted by atomic mass is 79.9. The smallest absolute Gasteiger partial charge is 0.133 e. The molecule has 20 heavy (non-hydrogen) atoms. The number of halogens is 1. The Kier molecular flexibility index (Phi) is 6.07. The molecular formula is C16H20BrNOS. The highest BCUT2D eigenvalue weighted by Gasteiger charge is 2.11. The van der Waals surface area contributed by atoms with Crippen molar-refractivity contribution >= 4 is 27.3 Å². The molecule has 1 aromatic carbocycles. The van der Waals surface area contributed by atoms with Crippen molar-refractivity contribution in [3.8, 4) is 5.75 Å². The summed E-state index contributed by atoms with van der Waals surface area (Å²) in [6.07, 6.45) is 2.09. The standard InChI is InChI=1S/C16H20BrNOS/c1-3-18-14(9-13-6-7-20-11-13)8-12-4-5-16(19-2)15(17)10-12/h4-7,10-11,14,18H,3,8-9H2,1-2H3. The number of nitrogens with one attached hydrogen (secondary N) is 1. The maximum Gasteiger partial charge on any atom is 0.133 e. The predicted molar refractivity (Wildman–Crippen MR) is 89.9 cm³/mol. The van der Waals surface area contributed by atoms with Crippen molar-refractivity contribution in [3.05, 3.63) is 50.6 Å². The fourth-order valence-corrected chi connectivity index (χ4v) is 3.59. The van der Waals surface area contributed by atoms with Gasteiger partial charge < -0.3 is 10.1 Å². The molecule has 1 N–H and O–H groups in total. The lowest BCUT2D eigenvalue weighted by Crippen LogP contribution is -2.32. The summed E-state index contributed by atoms with van der Waals surface area (Å²) in [6.45, 7) is 3.15. The molecule has 0 radical (unpaired) electrons. The maximum absolute atomic E-state index is 5.28. The van der Waals surface area contributed by atoms with Crippen LogP contribution in [0.4, 0.5) is 0 Å². The van der Waals surface area contributed by atoms with Crippen LogP contribution in [0, 0.1) is 0 Å². The lowest BCUT2D eigenvalue weighted by Gasteiger charge is -2.18. The van der Waals surface area contributed by atoms with Crippen LogP contribution < -0.4 is 10.1 Å². The summed E-state index contributed by atoms with van der Waals surface area (Å²) < 4.78 is 6.29. The number of rotatable bonds is 7. The highest BCUT2D eigenvalue weighted by molar-refractivity contribution is 9.10. The second kappa shape index (κ2) is 7.81. The van der Waals surface area contributed by atoms with Gasteiger partial charge in [-0.25, -0.2) is 0 Å². The van der Waals surface area contributed by atoms with Gasteiger partial charge in [-0.1, -0.05) is 13.0 Å². The van der Waals surface area contributed by atoms with Gasteiger partial charge in [0.2, 0.25) is 0 Å². The van der Waals surface area contributed by atoms with E-state index in [1.54, 1.807) is 18.4 Å². The molecule has 0 aliphatic rings. The van der Waals surface area contributed by atoms with Gasteiger partial charge in [0.1, 0.15) is 5.75 Å². The van der Waals surface area contributed by atoms with Crippen molar-refractivity contribution in [2.75, 3.05) is 13.7 Å². The first-order chi connectivity index (χ1) is 9.72. The van der Waals surface area contributed by atoms with Gasteiger partial charge in [-0.3, -0.25) is 0 Å². The molecule has 0 aliphatic heterocycles. The molecule has 108 valence electrons. The molecule has 0 spiro atoms. The van der Waals surface area contributed by atoms with Crippen LogP contribution in [0.5, 0.6) is 5.75 Å². The summed E-state index contributed by atoms with van der Waals surface area (Å²) in [4.78, 5) is 0. The van der Waals surface area contributed by atoms with E-state index in [1.165, 1.54) is 11.1 Å². The van der Waals surface area contributed by atoms with Gasteiger partial charge in [0, 0.05) is 6.04 Å². The zero-order valence-corrected chi connectivity index (χ0v) is 14.3. The largest absolute Gasteiger partial charge is 0.496 e. The molecule has 0 saturated heterocycles. The average Bonchev–Trinajstić information content (AvgIpc) is 2.92. The first-order valence-corrected chi connectivity index (χ1v) is 8.53. The van der Waals surface area contributed by atoms with Gasteiger partial charge in [0.05, 0.1) is 11.6 Å². The van der Waals surface area contributed by atoms with Crippen LogP contribution in [0.3, 0.4) is 0 Å². The molecule has 4 heteroatoms. The van der Waals surface area contributed by atoms with Gasteiger partial charge in [-0.05, 0) is 75.4 Å². The second-order valence-electron chi connectivity index (χ2n) is 4.76. The van der Waals surface area contributed by atoms with Crippen molar-refractivity contribution in [1.82, 2.24) is 5.32 Å². The highest BCUT2D eigenvalue weighted by Crippen LogP contribution is 2.26. The van der Waals surface area contributed by atoms with E-state index in [0.717, 1.165) is 29.6 Å². The Balaban J connectivity index is 2.05. The van der Waals surface area contributed by atoms with E-state index in [4.69, 9.17) is 4.74 Å². The minimum atomic E-state index is 0.467. The van der Waals surface area contributed by atoms with Crippen molar-refractivity contribution in [2.24, 2.45) is 0 Å². The molecule has 0 aliphatic carbocycles. The third-order valence-corrected chi connectivity index (χ3v) is 4.61. The molecule has 1 heterocycles. The minimum Gasteiger partial charge on any atom is -0.496 e. The van der Waals surface area contributed by atoms with Crippen molar-refractivity contribution in [2.45, 2.75) is 25.8 Å². The second-order valence-corrected chi connectivity index (χ2v) is 6.40. The maximum atomic E-state index is 5.28. The van der Waals surface area contributed by atoms with E-state index in [1.807, 2.05) is 6.07 Å². The first kappa shape index (κ1) is 15.5. The van der Waals surface area contributed by atoms with Crippen LogP contribution in [-0.2, 0) is 12.8 Å². The Morgan fingerprint density at radius 2 is 2.05 bits per heavy atom. The molecule has 1 aromatic heterocycles. The van der Waals surface area contributed by atoms with Crippen LogP contribution in [0.2, 0.25) is 0 Å². The number of methoxy groups -OCH3 is 1. The molecule has 0 fully saturated rings. The van der Waals surface area contributed by atoms with E-state index in [2.05, 4.69) is 57.1 Å². The molecule has 0 saturated carbocycles. The van der Waals surface area contributed by atoms with Crippen LogP contribution >= 0.6 is 27.3 Å². The Morgan fingerprint density at radius 3 is 2.65 bits per heavy atom. The number of hydrogen-bond acceptors (Lipinski definition) is 3.